The molecule has 2 aliphatic rings. The van der Waals surface area contributed by atoms with E-state index in [2.05, 4.69) is 48.5 Å². The second-order valence-corrected chi connectivity index (χ2v) is 9.14. The zero-order chi connectivity index (χ0) is 21.1. The number of carbonyl (C=O) groups is 2. The summed E-state index contributed by atoms with van der Waals surface area (Å²) in [5.41, 5.74) is 5.54. The van der Waals surface area contributed by atoms with Gasteiger partial charge < -0.3 is 10.2 Å². The lowest BCUT2D eigenvalue weighted by molar-refractivity contribution is -0.118. The second-order valence-electron chi connectivity index (χ2n) is 9.14. The predicted molar refractivity (Wildman–Crippen MR) is 115 cm³/mol. The first kappa shape index (κ1) is 19.4. The van der Waals surface area contributed by atoms with Crippen LogP contribution in [-0.2, 0) is 4.79 Å². The molecule has 0 bridgehead atoms. The normalized spacial score (nSPS) is 20.1. The van der Waals surface area contributed by atoms with E-state index in [0.29, 0.717) is 12.2 Å². The first-order valence-electron chi connectivity index (χ1n) is 10.00. The molecule has 0 fully saturated rings. The smallest absolute Gasteiger partial charge is 0.245 e. The Morgan fingerprint density at radius 3 is 2.45 bits per heavy atom. The van der Waals surface area contributed by atoms with Gasteiger partial charge in [-0.1, -0.05) is 26.0 Å². The number of anilines is 2. The van der Waals surface area contributed by atoms with Crippen molar-refractivity contribution in [1.82, 2.24) is 9.78 Å². The molecule has 4 rings (SSSR count). The Hall–Kier alpha value is -2.89. The number of ketones is 1. The SMILES string of the molecule is CC(=O)n1nc(C)c2c1NC(c1ccc(N(C)C)cc1)C1=C2CC(C)(C)CC1=O. The maximum atomic E-state index is 13.3. The number of nitrogens with zero attached hydrogens (tertiary/aromatic N) is 3. The van der Waals surface area contributed by atoms with Crippen molar-refractivity contribution in [2.75, 3.05) is 24.3 Å². The summed E-state index contributed by atoms with van der Waals surface area (Å²) in [6, 6.07) is 7.93. The van der Waals surface area contributed by atoms with Crippen molar-refractivity contribution >= 4 is 28.8 Å². The van der Waals surface area contributed by atoms with Gasteiger partial charge in [0.2, 0.25) is 5.91 Å². The number of hydrogen-bond acceptors (Lipinski definition) is 5. The molecular formula is C23H28N4O2. The standard InChI is InChI=1S/C23H28N4O2/c1-13-19-17-11-23(3,4)12-18(29)20(17)21(24-22(19)27(25-13)14(2)28)15-7-9-16(10-8-15)26(5)6/h7-10,21,24H,11-12H2,1-6H3. The van der Waals surface area contributed by atoms with Crippen molar-refractivity contribution in [1.29, 1.82) is 0 Å². The molecule has 6 heteroatoms. The van der Waals surface area contributed by atoms with Crippen molar-refractivity contribution in [2.45, 2.75) is 46.6 Å². The topological polar surface area (TPSA) is 67.2 Å². The molecule has 1 unspecified atom stereocenters. The highest BCUT2D eigenvalue weighted by molar-refractivity contribution is 6.09. The summed E-state index contributed by atoms with van der Waals surface area (Å²) in [7, 11) is 4.00. The summed E-state index contributed by atoms with van der Waals surface area (Å²) in [6.07, 6.45) is 1.31. The Bertz CT molecular complexity index is 1040. The molecule has 1 aliphatic carbocycles. The third-order valence-corrected chi connectivity index (χ3v) is 5.89. The highest BCUT2D eigenvalue weighted by atomic mass is 16.2. The number of Topliss-reactive ketones (excluding diaryl/α,β-unsaturated/α-hetero) is 1. The third-order valence-electron chi connectivity index (χ3n) is 5.89. The van der Waals surface area contributed by atoms with E-state index in [0.717, 1.165) is 40.1 Å². The van der Waals surface area contributed by atoms with Crippen molar-refractivity contribution in [3.05, 3.63) is 46.7 Å². The largest absolute Gasteiger partial charge is 0.378 e. The van der Waals surface area contributed by atoms with Crippen LogP contribution in [0.25, 0.3) is 5.57 Å². The van der Waals surface area contributed by atoms with E-state index in [-0.39, 0.29) is 23.1 Å². The molecule has 1 aromatic carbocycles. The Morgan fingerprint density at radius 1 is 1.21 bits per heavy atom. The lowest BCUT2D eigenvalue weighted by atomic mass is 9.68. The molecule has 1 aliphatic heterocycles. The van der Waals surface area contributed by atoms with Gasteiger partial charge in [-0.25, -0.2) is 0 Å². The maximum Gasteiger partial charge on any atom is 0.245 e. The fourth-order valence-corrected chi connectivity index (χ4v) is 4.57. The number of carbonyl (C=O) groups excluding carboxylic acids is 2. The van der Waals surface area contributed by atoms with Gasteiger partial charge in [0, 0.05) is 44.3 Å². The molecule has 0 amide bonds. The lowest BCUT2D eigenvalue weighted by Gasteiger charge is -2.39. The average Bonchev–Trinajstić information content (AvgIpc) is 2.97. The molecule has 1 atom stereocenters. The fraction of sp³-hybridized carbons (Fsp3) is 0.435. The van der Waals surface area contributed by atoms with E-state index in [1.165, 1.54) is 11.6 Å². The van der Waals surface area contributed by atoms with E-state index in [1.807, 2.05) is 25.9 Å². The summed E-state index contributed by atoms with van der Waals surface area (Å²) in [6.45, 7) is 7.67. The minimum absolute atomic E-state index is 0.116. The van der Waals surface area contributed by atoms with Crippen molar-refractivity contribution in [2.24, 2.45) is 5.41 Å². The highest BCUT2D eigenvalue weighted by Gasteiger charge is 2.42. The van der Waals surface area contributed by atoms with Crippen molar-refractivity contribution < 1.29 is 9.59 Å². The molecule has 0 radical (unpaired) electrons. The first-order valence-corrected chi connectivity index (χ1v) is 10.00. The fourth-order valence-electron chi connectivity index (χ4n) is 4.57. The molecule has 29 heavy (non-hydrogen) atoms. The maximum absolute atomic E-state index is 13.3. The number of aromatic nitrogens is 2. The van der Waals surface area contributed by atoms with E-state index in [4.69, 9.17) is 0 Å². The number of hydrogen-bond donors (Lipinski definition) is 1. The van der Waals surface area contributed by atoms with Crippen LogP contribution in [0, 0.1) is 12.3 Å². The predicted octanol–water partition coefficient (Wildman–Crippen LogP) is 4.23. The van der Waals surface area contributed by atoms with Gasteiger partial charge in [0.25, 0.3) is 0 Å². The Labute approximate surface area is 171 Å². The van der Waals surface area contributed by atoms with Crippen LogP contribution in [0.2, 0.25) is 0 Å². The molecule has 1 aromatic heterocycles. The van der Waals surface area contributed by atoms with Crippen LogP contribution in [-0.4, -0.2) is 35.6 Å². The first-order chi connectivity index (χ1) is 13.6. The Balaban J connectivity index is 1.92. The summed E-state index contributed by atoms with van der Waals surface area (Å²) >= 11 is 0. The van der Waals surface area contributed by atoms with Crippen molar-refractivity contribution in [3.8, 4) is 0 Å². The number of rotatable bonds is 2. The Morgan fingerprint density at radius 2 is 1.86 bits per heavy atom. The van der Waals surface area contributed by atoms with E-state index < -0.39 is 0 Å². The summed E-state index contributed by atoms with van der Waals surface area (Å²) in [4.78, 5) is 27.5. The van der Waals surface area contributed by atoms with E-state index in [1.54, 1.807) is 0 Å². The molecule has 2 aromatic rings. The number of fused-ring (bicyclic) bond motifs is 2. The van der Waals surface area contributed by atoms with Crippen LogP contribution < -0.4 is 10.2 Å². The van der Waals surface area contributed by atoms with Crippen LogP contribution in [0.3, 0.4) is 0 Å². The second kappa shape index (κ2) is 6.58. The minimum atomic E-state index is -0.286. The number of nitrogens with one attached hydrogen (secondary N) is 1. The molecule has 0 saturated heterocycles. The van der Waals surface area contributed by atoms with E-state index >= 15 is 0 Å². The molecule has 2 heterocycles. The van der Waals surface area contributed by atoms with Gasteiger partial charge in [0.15, 0.2) is 5.78 Å². The summed E-state index contributed by atoms with van der Waals surface area (Å²) in [5.74, 6) is 0.723. The number of allylic oxidation sites excluding steroid dienone is 1. The van der Waals surface area contributed by atoms with Crippen LogP contribution in [0.4, 0.5) is 11.5 Å². The summed E-state index contributed by atoms with van der Waals surface area (Å²) in [5, 5.41) is 7.95. The van der Waals surface area contributed by atoms with Gasteiger partial charge in [-0.3, -0.25) is 9.59 Å². The van der Waals surface area contributed by atoms with Gasteiger partial charge in [0.1, 0.15) is 5.82 Å². The van der Waals surface area contributed by atoms with E-state index in [9.17, 15) is 9.59 Å². The quantitative estimate of drug-likeness (QED) is 0.828. The molecule has 0 saturated carbocycles. The monoisotopic (exact) mass is 392 g/mol. The van der Waals surface area contributed by atoms with Crippen LogP contribution >= 0.6 is 0 Å². The molecule has 152 valence electrons. The number of aryl methyl sites for hydroxylation is 1. The third kappa shape index (κ3) is 3.16. The van der Waals surface area contributed by atoms with Gasteiger partial charge in [-0.2, -0.15) is 9.78 Å². The van der Waals surface area contributed by atoms with Crippen LogP contribution in [0.15, 0.2) is 29.8 Å². The van der Waals surface area contributed by atoms with Gasteiger partial charge >= 0.3 is 0 Å². The zero-order valence-electron chi connectivity index (χ0n) is 18.0. The van der Waals surface area contributed by atoms with Crippen LogP contribution in [0.1, 0.15) is 61.3 Å². The van der Waals surface area contributed by atoms with Gasteiger partial charge in [-0.15, -0.1) is 0 Å². The molecule has 0 spiro atoms. The molecule has 1 N–H and O–H groups in total. The lowest BCUT2D eigenvalue weighted by Crippen LogP contribution is -2.33. The van der Waals surface area contributed by atoms with Gasteiger partial charge in [0.05, 0.1) is 11.7 Å². The zero-order valence-corrected chi connectivity index (χ0v) is 18.0. The molecule has 6 nitrogen and oxygen atoms in total. The molecular weight excluding hydrogens is 364 g/mol. The highest BCUT2D eigenvalue weighted by Crippen LogP contribution is 2.51. The minimum Gasteiger partial charge on any atom is -0.378 e. The summed E-state index contributed by atoms with van der Waals surface area (Å²) < 4.78 is 1.43. The van der Waals surface area contributed by atoms with Crippen LogP contribution in [0.5, 0.6) is 0 Å². The van der Waals surface area contributed by atoms with Gasteiger partial charge in [-0.05, 0) is 42.0 Å². The average molecular weight is 393 g/mol. The Kier molecular flexibility index (Phi) is 4.41. The number of benzene rings is 1. The van der Waals surface area contributed by atoms with Crippen molar-refractivity contribution in [3.63, 3.8) is 0 Å².